The van der Waals surface area contributed by atoms with Crippen LogP contribution in [0.2, 0.25) is 0 Å². The third-order valence-electron chi connectivity index (χ3n) is 4.68. The number of aliphatic hydroxyl groups excluding tert-OH is 1. The minimum atomic E-state index is -0.622. The van der Waals surface area contributed by atoms with E-state index < -0.39 is 23.8 Å². The largest absolute Gasteiger partial charge is 0.445 e. The van der Waals surface area contributed by atoms with E-state index in [2.05, 4.69) is 17.2 Å². The fraction of sp³-hybridized carbons (Fsp3) is 0.385. The van der Waals surface area contributed by atoms with Crippen LogP contribution in [0.3, 0.4) is 0 Å². The van der Waals surface area contributed by atoms with Crippen LogP contribution in [0.4, 0.5) is 9.59 Å². The minimum Gasteiger partial charge on any atom is -0.445 e. The predicted molar refractivity (Wildman–Crippen MR) is 128 cm³/mol. The summed E-state index contributed by atoms with van der Waals surface area (Å²) in [6.07, 6.45) is 1.56. The summed E-state index contributed by atoms with van der Waals surface area (Å²) in [4.78, 5) is 24.4. The number of aliphatic hydroxyl groups is 1. The summed E-state index contributed by atoms with van der Waals surface area (Å²) >= 11 is 0. The lowest BCUT2D eigenvalue weighted by atomic mass is 9.98. The summed E-state index contributed by atoms with van der Waals surface area (Å²) in [6, 6.07) is 16.3. The first-order valence-electron chi connectivity index (χ1n) is 11.0. The molecule has 178 valence electrons. The topological polar surface area (TPSA) is 96.9 Å². The van der Waals surface area contributed by atoms with E-state index in [0.717, 1.165) is 16.7 Å². The van der Waals surface area contributed by atoms with Gasteiger partial charge in [0.1, 0.15) is 12.2 Å². The van der Waals surface area contributed by atoms with Crippen molar-refractivity contribution in [2.75, 3.05) is 6.61 Å². The molecule has 0 radical (unpaired) electrons. The molecule has 0 unspecified atom stereocenters. The fourth-order valence-corrected chi connectivity index (χ4v) is 3.21. The van der Waals surface area contributed by atoms with Crippen molar-refractivity contribution in [3.05, 3.63) is 83.9 Å². The number of alkyl carbamates (subject to hydrolysis) is 2. The molecule has 2 rings (SSSR count). The SMILES string of the molecule is C=CC[C@H](NC(=O)OCc1ccccc1)c1cccc(C[C@H](CO)NC(=O)OC(C)(C)C)c1. The van der Waals surface area contributed by atoms with Gasteiger partial charge in [0.05, 0.1) is 18.7 Å². The standard InChI is InChI=1S/C26H34N2O5/c1-5-10-23(28-24(30)32-18-19-11-7-6-8-12-19)21-14-9-13-20(15-21)16-22(17-29)27-25(31)33-26(2,3)4/h5-9,11-15,22-23,29H,1,10,16-18H2,2-4H3,(H,27,31)(H,28,30)/t22-,23+/m1/s1. The van der Waals surface area contributed by atoms with Crippen molar-refractivity contribution in [2.24, 2.45) is 0 Å². The molecular weight excluding hydrogens is 420 g/mol. The second-order valence-corrected chi connectivity index (χ2v) is 8.76. The maximum absolute atomic E-state index is 12.4. The summed E-state index contributed by atoms with van der Waals surface area (Å²) in [5.41, 5.74) is 2.06. The molecule has 0 heterocycles. The molecule has 0 bridgehead atoms. The fourth-order valence-electron chi connectivity index (χ4n) is 3.21. The molecule has 0 aliphatic rings. The molecule has 2 aromatic rings. The number of carbonyl (C=O) groups excluding carboxylic acids is 2. The van der Waals surface area contributed by atoms with Gasteiger partial charge in [-0.25, -0.2) is 9.59 Å². The molecule has 0 saturated carbocycles. The first kappa shape index (κ1) is 25.9. The van der Waals surface area contributed by atoms with E-state index in [9.17, 15) is 14.7 Å². The monoisotopic (exact) mass is 454 g/mol. The van der Waals surface area contributed by atoms with Crippen LogP contribution >= 0.6 is 0 Å². The van der Waals surface area contributed by atoms with Gasteiger partial charge in [-0.1, -0.05) is 60.7 Å². The smallest absolute Gasteiger partial charge is 0.407 e. The average molecular weight is 455 g/mol. The van der Waals surface area contributed by atoms with Crippen molar-refractivity contribution in [2.45, 2.75) is 57.9 Å². The molecule has 2 aromatic carbocycles. The number of ether oxygens (including phenoxy) is 2. The highest BCUT2D eigenvalue weighted by Crippen LogP contribution is 2.20. The van der Waals surface area contributed by atoms with Crippen molar-refractivity contribution >= 4 is 12.2 Å². The molecule has 0 aliphatic heterocycles. The van der Waals surface area contributed by atoms with Crippen LogP contribution in [0.25, 0.3) is 0 Å². The van der Waals surface area contributed by atoms with Crippen LogP contribution in [0.5, 0.6) is 0 Å². The van der Waals surface area contributed by atoms with Crippen LogP contribution in [0, 0.1) is 0 Å². The Morgan fingerprint density at radius 2 is 1.73 bits per heavy atom. The molecule has 0 spiro atoms. The second kappa shape index (κ2) is 12.6. The zero-order chi connectivity index (χ0) is 24.3. The molecule has 3 N–H and O–H groups in total. The molecular formula is C26H34N2O5. The molecule has 2 atom stereocenters. The predicted octanol–water partition coefficient (Wildman–Crippen LogP) is 4.66. The van der Waals surface area contributed by atoms with Gasteiger partial charge in [0.25, 0.3) is 0 Å². The Morgan fingerprint density at radius 3 is 2.36 bits per heavy atom. The van der Waals surface area contributed by atoms with Crippen LogP contribution in [0.1, 0.15) is 49.9 Å². The van der Waals surface area contributed by atoms with Gasteiger partial charge in [0.2, 0.25) is 0 Å². The highest BCUT2D eigenvalue weighted by atomic mass is 16.6. The minimum absolute atomic E-state index is 0.183. The molecule has 0 fully saturated rings. The number of nitrogens with one attached hydrogen (secondary N) is 2. The Hall–Kier alpha value is -3.32. The van der Waals surface area contributed by atoms with Crippen LogP contribution < -0.4 is 10.6 Å². The van der Waals surface area contributed by atoms with E-state index in [4.69, 9.17) is 9.47 Å². The number of carbonyl (C=O) groups is 2. The summed E-state index contributed by atoms with van der Waals surface area (Å²) in [5.74, 6) is 0. The Bertz CT molecular complexity index is 908. The second-order valence-electron chi connectivity index (χ2n) is 8.76. The zero-order valence-electron chi connectivity index (χ0n) is 19.5. The maximum atomic E-state index is 12.4. The van der Waals surface area contributed by atoms with E-state index in [1.165, 1.54) is 0 Å². The van der Waals surface area contributed by atoms with Crippen LogP contribution in [0.15, 0.2) is 67.3 Å². The summed E-state index contributed by atoms with van der Waals surface area (Å²) in [5, 5.41) is 15.3. The molecule has 0 saturated heterocycles. The van der Waals surface area contributed by atoms with Gasteiger partial charge in [-0.2, -0.15) is 0 Å². The molecule has 0 aliphatic carbocycles. The molecule has 2 amide bonds. The lowest BCUT2D eigenvalue weighted by molar-refractivity contribution is 0.0482. The number of hydrogen-bond acceptors (Lipinski definition) is 5. The summed E-state index contributed by atoms with van der Waals surface area (Å²) in [7, 11) is 0. The van der Waals surface area contributed by atoms with E-state index in [0.29, 0.717) is 12.8 Å². The van der Waals surface area contributed by atoms with Crippen LogP contribution in [-0.2, 0) is 22.5 Å². The summed E-state index contributed by atoms with van der Waals surface area (Å²) in [6.45, 7) is 9.07. The highest BCUT2D eigenvalue weighted by Gasteiger charge is 2.20. The molecule has 0 aromatic heterocycles. The van der Waals surface area contributed by atoms with Gasteiger partial charge in [-0.15, -0.1) is 6.58 Å². The van der Waals surface area contributed by atoms with Gasteiger partial charge >= 0.3 is 12.2 Å². The van der Waals surface area contributed by atoms with E-state index in [1.54, 1.807) is 26.8 Å². The summed E-state index contributed by atoms with van der Waals surface area (Å²) < 4.78 is 10.6. The first-order valence-corrected chi connectivity index (χ1v) is 11.0. The van der Waals surface area contributed by atoms with E-state index >= 15 is 0 Å². The average Bonchev–Trinajstić information content (AvgIpc) is 2.76. The Kier molecular flexibility index (Phi) is 9.94. The molecule has 7 nitrogen and oxygen atoms in total. The highest BCUT2D eigenvalue weighted by molar-refractivity contribution is 5.68. The Morgan fingerprint density at radius 1 is 1.03 bits per heavy atom. The normalized spacial score (nSPS) is 12.8. The Balaban J connectivity index is 2.01. The molecule has 33 heavy (non-hydrogen) atoms. The lowest BCUT2D eigenvalue weighted by Gasteiger charge is -2.23. The van der Waals surface area contributed by atoms with E-state index in [-0.39, 0.29) is 19.3 Å². The van der Waals surface area contributed by atoms with Gasteiger partial charge in [0, 0.05) is 0 Å². The third-order valence-corrected chi connectivity index (χ3v) is 4.68. The van der Waals surface area contributed by atoms with Crippen molar-refractivity contribution < 1.29 is 24.2 Å². The Labute approximate surface area is 195 Å². The van der Waals surface area contributed by atoms with E-state index in [1.807, 2.05) is 54.6 Å². The van der Waals surface area contributed by atoms with Gasteiger partial charge in [-0.05, 0) is 50.3 Å². The van der Waals surface area contributed by atoms with Gasteiger partial charge in [0.15, 0.2) is 0 Å². The van der Waals surface area contributed by atoms with Crippen molar-refractivity contribution in [1.29, 1.82) is 0 Å². The maximum Gasteiger partial charge on any atom is 0.407 e. The van der Waals surface area contributed by atoms with Crippen molar-refractivity contribution in [3.8, 4) is 0 Å². The number of benzene rings is 2. The quantitative estimate of drug-likeness (QED) is 0.454. The lowest BCUT2D eigenvalue weighted by Crippen LogP contribution is -2.42. The third kappa shape index (κ3) is 9.78. The number of rotatable bonds is 10. The van der Waals surface area contributed by atoms with Crippen LogP contribution in [-0.4, -0.2) is 35.5 Å². The molecule has 7 heteroatoms. The van der Waals surface area contributed by atoms with Crippen molar-refractivity contribution in [3.63, 3.8) is 0 Å². The number of hydrogen-bond donors (Lipinski definition) is 3. The van der Waals surface area contributed by atoms with Crippen molar-refractivity contribution in [1.82, 2.24) is 10.6 Å². The first-order chi connectivity index (χ1) is 15.7. The van der Waals surface area contributed by atoms with Gasteiger partial charge in [-0.3, -0.25) is 0 Å². The zero-order valence-corrected chi connectivity index (χ0v) is 19.5. The van der Waals surface area contributed by atoms with Gasteiger partial charge < -0.3 is 25.2 Å². The number of amides is 2.